The highest BCUT2D eigenvalue weighted by Crippen LogP contribution is 2.15. The topological polar surface area (TPSA) is 58.2 Å². The van der Waals surface area contributed by atoms with Gasteiger partial charge in [-0.25, -0.2) is 4.39 Å². The van der Waals surface area contributed by atoms with Gasteiger partial charge < -0.3 is 10.6 Å². The summed E-state index contributed by atoms with van der Waals surface area (Å²) in [6, 6.07) is 19.7. The van der Waals surface area contributed by atoms with Crippen molar-refractivity contribution in [3.8, 4) is 0 Å². The normalized spacial score (nSPS) is 11.1. The molecule has 3 aromatic carbocycles. The van der Waals surface area contributed by atoms with Crippen LogP contribution in [0.1, 0.15) is 21.5 Å². The van der Waals surface area contributed by atoms with Crippen molar-refractivity contribution in [2.45, 2.75) is 6.92 Å². The quantitative estimate of drug-likeness (QED) is 0.515. The highest BCUT2D eigenvalue weighted by Gasteiger charge is 2.15. The van der Waals surface area contributed by atoms with Gasteiger partial charge in [0.15, 0.2) is 0 Å². The van der Waals surface area contributed by atoms with Crippen molar-refractivity contribution in [3.63, 3.8) is 0 Å². The number of hydrogen-bond acceptors (Lipinski definition) is 2. The summed E-state index contributed by atoms with van der Waals surface area (Å²) in [5, 5.41) is 5.34. The zero-order valence-corrected chi connectivity index (χ0v) is 17.2. The highest BCUT2D eigenvalue weighted by molar-refractivity contribution is 9.10. The van der Waals surface area contributed by atoms with Gasteiger partial charge in [0, 0.05) is 15.7 Å². The number of carbonyl (C=O) groups is 2. The highest BCUT2D eigenvalue weighted by atomic mass is 79.9. The standard InChI is InChI=1S/C23H18BrFN2O2/c1-15-2-6-17(7-3-15)22(28)27-21(14-16-4-8-18(24)9-5-16)23(29)26-20-12-10-19(25)11-13-20/h2-14H,1H3,(H,26,29)(H,27,28). The van der Waals surface area contributed by atoms with Crippen LogP contribution in [0.2, 0.25) is 0 Å². The van der Waals surface area contributed by atoms with Crippen molar-refractivity contribution in [3.05, 3.63) is 105 Å². The average Bonchev–Trinajstić information content (AvgIpc) is 2.71. The van der Waals surface area contributed by atoms with Crippen molar-refractivity contribution >= 4 is 39.5 Å². The first kappa shape index (κ1) is 20.5. The summed E-state index contributed by atoms with van der Waals surface area (Å²) in [5.74, 6) is -1.32. The van der Waals surface area contributed by atoms with E-state index in [4.69, 9.17) is 0 Å². The summed E-state index contributed by atoms with van der Waals surface area (Å²) >= 11 is 3.37. The van der Waals surface area contributed by atoms with Gasteiger partial charge in [-0.3, -0.25) is 9.59 Å². The molecule has 0 aliphatic carbocycles. The fourth-order valence-electron chi connectivity index (χ4n) is 2.52. The molecule has 0 aliphatic rings. The lowest BCUT2D eigenvalue weighted by atomic mass is 10.1. The van der Waals surface area contributed by atoms with Gasteiger partial charge in [0.05, 0.1) is 0 Å². The van der Waals surface area contributed by atoms with Crippen molar-refractivity contribution in [2.24, 2.45) is 0 Å². The predicted molar refractivity (Wildman–Crippen MR) is 116 cm³/mol. The van der Waals surface area contributed by atoms with E-state index in [9.17, 15) is 14.0 Å². The van der Waals surface area contributed by atoms with Crippen molar-refractivity contribution in [1.82, 2.24) is 5.32 Å². The zero-order valence-electron chi connectivity index (χ0n) is 15.6. The van der Waals surface area contributed by atoms with E-state index in [0.717, 1.165) is 15.6 Å². The van der Waals surface area contributed by atoms with Crippen LogP contribution in [0.4, 0.5) is 10.1 Å². The molecule has 0 atom stereocenters. The van der Waals surface area contributed by atoms with Gasteiger partial charge >= 0.3 is 0 Å². The van der Waals surface area contributed by atoms with Gasteiger partial charge in [0.1, 0.15) is 11.5 Å². The lowest BCUT2D eigenvalue weighted by Crippen LogP contribution is -2.30. The van der Waals surface area contributed by atoms with Crippen molar-refractivity contribution in [1.29, 1.82) is 0 Å². The Morgan fingerprint density at radius 3 is 2.14 bits per heavy atom. The Bertz CT molecular complexity index is 1040. The van der Waals surface area contributed by atoms with Gasteiger partial charge in [-0.15, -0.1) is 0 Å². The van der Waals surface area contributed by atoms with E-state index in [-0.39, 0.29) is 5.70 Å². The molecule has 29 heavy (non-hydrogen) atoms. The molecule has 0 aliphatic heterocycles. The third-order valence-corrected chi connectivity index (χ3v) is 4.62. The average molecular weight is 453 g/mol. The number of nitrogens with one attached hydrogen (secondary N) is 2. The number of hydrogen-bond donors (Lipinski definition) is 2. The Hall–Kier alpha value is -3.25. The molecule has 0 saturated carbocycles. The number of benzene rings is 3. The van der Waals surface area contributed by atoms with Crippen LogP contribution in [-0.4, -0.2) is 11.8 Å². The second-order valence-electron chi connectivity index (χ2n) is 6.39. The summed E-state index contributed by atoms with van der Waals surface area (Å²) in [6.07, 6.45) is 1.58. The number of halogens is 2. The number of anilines is 1. The molecule has 0 radical (unpaired) electrons. The molecule has 0 spiro atoms. The molecule has 6 heteroatoms. The Kier molecular flexibility index (Phi) is 6.57. The van der Waals surface area contributed by atoms with Crippen LogP contribution in [0.3, 0.4) is 0 Å². The molecular weight excluding hydrogens is 435 g/mol. The third-order valence-electron chi connectivity index (χ3n) is 4.09. The van der Waals surface area contributed by atoms with E-state index < -0.39 is 17.6 Å². The maximum atomic E-state index is 13.1. The van der Waals surface area contributed by atoms with E-state index in [0.29, 0.717) is 11.3 Å². The summed E-state index contributed by atoms with van der Waals surface area (Å²) < 4.78 is 14.0. The predicted octanol–water partition coefficient (Wildman–Crippen LogP) is 5.31. The largest absolute Gasteiger partial charge is 0.321 e. The Balaban J connectivity index is 1.86. The molecule has 0 unspecified atom stereocenters. The minimum Gasteiger partial charge on any atom is -0.321 e. The van der Waals surface area contributed by atoms with E-state index in [1.807, 2.05) is 43.3 Å². The number of aryl methyl sites for hydroxylation is 1. The SMILES string of the molecule is Cc1ccc(C(=O)NC(=Cc2ccc(Br)cc2)C(=O)Nc2ccc(F)cc2)cc1. The fourth-order valence-corrected chi connectivity index (χ4v) is 2.78. The van der Waals surface area contributed by atoms with E-state index in [1.54, 1.807) is 18.2 Å². The van der Waals surface area contributed by atoms with Crippen LogP contribution in [0.15, 0.2) is 83.0 Å². The molecule has 146 valence electrons. The van der Waals surface area contributed by atoms with Crippen molar-refractivity contribution < 1.29 is 14.0 Å². The van der Waals surface area contributed by atoms with E-state index in [2.05, 4.69) is 26.6 Å². The lowest BCUT2D eigenvalue weighted by Gasteiger charge is -2.12. The Labute approximate surface area is 176 Å². The van der Waals surface area contributed by atoms with Gasteiger partial charge in [-0.1, -0.05) is 45.8 Å². The fraction of sp³-hybridized carbons (Fsp3) is 0.0435. The summed E-state index contributed by atoms with van der Waals surface area (Å²) in [6.45, 7) is 1.93. The van der Waals surface area contributed by atoms with Crippen LogP contribution in [0.25, 0.3) is 6.08 Å². The summed E-state index contributed by atoms with van der Waals surface area (Å²) in [4.78, 5) is 25.4. The molecule has 0 bridgehead atoms. The minimum absolute atomic E-state index is 0.0715. The molecule has 0 fully saturated rings. The molecule has 4 nitrogen and oxygen atoms in total. The molecule has 2 N–H and O–H groups in total. The zero-order chi connectivity index (χ0) is 20.8. The molecular formula is C23H18BrFN2O2. The Morgan fingerprint density at radius 1 is 0.897 bits per heavy atom. The lowest BCUT2D eigenvalue weighted by molar-refractivity contribution is -0.113. The minimum atomic E-state index is -0.514. The maximum Gasteiger partial charge on any atom is 0.272 e. The smallest absolute Gasteiger partial charge is 0.272 e. The molecule has 0 saturated heterocycles. The molecule has 0 heterocycles. The third kappa shape index (κ3) is 5.86. The summed E-state index contributed by atoms with van der Waals surface area (Å²) in [7, 11) is 0. The summed E-state index contributed by atoms with van der Waals surface area (Å²) in [5.41, 5.74) is 2.69. The van der Waals surface area contributed by atoms with Crippen LogP contribution in [0, 0.1) is 12.7 Å². The number of rotatable bonds is 5. The molecule has 3 rings (SSSR count). The van der Waals surface area contributed by atoms with Crippen molar-refractivity contribution in [2.75, 3.05) is 5.32 Å². The second kappa shape index (κ2) is 9.30. The van der Waals surface area contributed by atoms with Gasteiger partial charge in [-0.05, 0) is 67.1 Å². The maximum absolute atomic E-state index is 13.1. The Morgan fingerprint density at radius 2 is 1.52 bits per heavy atom. The molecule has 0 aromatic heterocycles. The van der Waals surface area contributed by atoms with Gasteiger partial charge in [0.25, 0.3) is 11.8 Å². The van der Waals surface area contributed by atoms with Gasteiger partial charge in [-0.2, -0.15) is 0 Å². The van der Waals surface area contributed by atoms with Crippen LogP contribution < -0.4 is 10.6 Å². The molecule has 2 amide bonds. The van der Waals surface area contributed by atoms with E-state index >= 15 is 0 Å². The second-order valence-corrected chi connectivity index (χ2v) is 7.31. The van der Waals surface area contributed by atoms with Crippen LogP contribution in [0.5, 0.6) is 0 Å². The van der Waals surface area contributed by atoms with Gasteiger partial charge in [0.2, 0.25) is 0 Å². The number of amides is 2. The first-order valence-electron chi connectivity index (χ1n) is 8.83. The first-order valence-corrected chi connectivity index (χ1v) is 9.62. The van der Waals surface area contributed by atoms with Crippen LogP contribution in [-0.2, 0) is 4.79 Å². The van der Waals surface area contributed by atoms with E-state index in [1.165, 1.54) is 24.3 Å². The number of carbonyl (C=O) groups excluding carboxylic acids is 2. The monoisotopic (exact) mass is 452 g/mol. The van der Waals surface area contributed by atoms with Crippen LogP contribution >= 0.6 is 15.9 Å². The first-order chi connectivity index (χ1) is 13.9. The molecule has 3 aromatic rings.